The number of rotatable bonds is 3. The molecule has 6 heteroatoms. The van der Waals surface area contributed by atoms with Crippen molar-refractivity contribution in [1.82, 2.24) is 9.88 Å². The Kier molecular flexibility index (Phi) is 6.65. The number of pyridine rings is 1. The van der Waals surface area contributed by atoms with Crippen molar-refractivity contribution in [3.8, 4) is 0 Å². The number of guanidine groups is 1. The van der Waals surface area contributed by atoms with Crippen LogP contribution in [0.1, 0.15) is 37.7 Å². The molecule has 0 bridgehead atoms. The van der Waals surface area contributed by atoms with Crippen LogP contribution in [0.5, 0.6) is 0 Å². The van der Waals surface area contributed by atoms with Crippen LogP contribution >= 0.6 is 24.0 Å². The Morgan fingerprint density at radius 1 is 1.29 bits per heavy atom. The molecule has 0 saturated heterocycles. The van der Waals surface area contributed by atoms with Crippen molar-refractivity contribution >= 4 is 40.8 Å². The van der Waals surface area contributed by atoms with Gasteiger partial charge in [0.25, 0.3) is 5.56 Å². The zero-order chi connectivity index (χ0) is 16.2. The molecule has 0 aliphatic heterocycles. The van der Waals surface area contributed by atoms with E-state index in [0.29, 0.717) is 24.1 Å². The Bertz CT molecular complexity index is 778. The van der Waals surface area contributed by atoms with Crippen LogP contribution in [0.4, 0.5) is 0 Å². The van der Waals surface area contributed by atoms with E-state index >= 15 is 0 Å². The van der Waals surface area contributed by atoms with Gasteiger partial charge in [-0.15, -0.1) is 24.0 Å². The van der Waals surface area contributed by atoms with Crippen LogP contribution in [0.2, 0.25) is 0 Å². The standard InChI is InChI=1S/C18H24N4O.HI/c1-22-16-10-6-5-7-13(16)11-14(17(22)23)12-20-18(19)21-15-8-3-2-4-9-15;/h5-7,10-11,15H,2-4,8-9,12H2,1H3,(H3,19,20,21);1H. The Balaban J connectivity index is 0.00000208. The summed E-state index contributed by atoms with van der Waals surface area (Å²) in [6.07, 6.45) is 6.09. The SMILES string of the molecule is Cn1c(=O)c(CN=C(N)NC2CCCCC2)cc2ccccc21.I. The van der Waals surface area contributed by atoms with Gasteiger partial charge in [-0.2, -0.15) is 0 Å². The number of hydrogen-bond acceptors (Lipinski definition) is 2. The lowest BCUT2D eigenvalue weighted by Gasteiger charge is -2.23. The maximum Gasteiger partial charge on any atom is 0.255 e. The monoisotopic (exact) mass is 440 g/mol. The number of fused-ring (bicyclic) bond motifs is 1. The third-order valence-electron chi connectivity index (χ3n) is 4.58. The van der Waals surface area contributed by atoms with Gasteiger partial charge in [-0.25, -0.2) is 4.99 Å². The Labute approximate surface area is 159 Å². The summed E-state index contributed by atoms with van der Waals surface area (Å²) in [5.74, 6) is 0.437. The minimum atomic E-state index is -0.0158. The number of nitrogens with two attached hydrogens (primary N) is 1. The van der Waals surface area contributed by atoms with Crippen molar-refractivity contribution in [3.05, 3.63) is 46.2 Å². The van der Waals surface area contributed by atoms with Gasteiger partial charge in [0, 0.05) is 18.7 Å². The molecule has 0 unspecified atom stereocenters. The number of aryl methyl sites for hydroxylation is 1. The van der Waals surface area contributed by atoms with E-state index in [2.05, 4.69) is 10.3 Å². The Morgan fingerprint density at radius 2 is 2.00 bits per heavy atom. The third-order valence-corrected chi connectivity index (χ3v) is 4.58. The number of hydrogen-bond donors (Lipinski definition) is 2. The van der Waals surface area contributed by atoms with Gasteiger partial charge in [0.2, 0.25) is 0 Å². The van der Waals surface area contributed by atoms with E-state index in [1.54, 1.807) is 11.6 Å². The van der Waals surface area contributed by atoms with Crippen LogP contribution in [-0.2, 0) is 13.6 Å². The molecule has 2 aromatic rings. The van der Waals surface area contributed by atoms with E-state index in [4.69, 9.17) is 5.73 Å². The van der Waals surface area contributed by atoms with Gasteiger partial charge >= 0.3 is 0 Å². The van der Waals surface area contributed by atoms with Crippen LogP contribution in [-0.4, -0.2) is 16.6 Å². The molecule has 0 radical (unpaired) electrons. The van der Waals surface area contributed by atoms with Gasteiger partial charge in [0.1, 0.15) is 0 Å². The quantitative estimate of drug-likeness (QED) is 0.438. The molecule has 1 saturated carbocycles. The average molecular weight is 440 g/mol. The van der Waals surface area contributed by atoms with Crippen LogP contribution in [0.15, 0.2) is 40.1 Å². The normalized spacial score (nSPS) is 16.0. The zero-order valence-electron chi connectivity index (χ0n) is 14.0. The molecule has 1 aromatic heterocycles. The molecule has 3 N–H and O–H groups in total. The fraction of sp³-hybridized carbons (Fsp3) is 0.444. The average Bonchev–Trinajstić information content (AvgIpc) is 2.58. The van der Waals surface area contributed by atoms with Crippen LogP contribution in [0.3, 0.4) is 0 Å². The molecule has 0 spiro atoms. The van der Waals surface area contributed by atoms with Crippen molar-refractivity contribution < 1.29 is 0 Å². The number of aliphatic imine (C=N–C) groups is 1. The van der Waals surface area contributed by atoms with Crippen molar-refractivity contribution in [2.24, 2.45) is 17.8 Å². The minimum absolute atomic E-state index is 0. The number of para-hydroxylation sites is 1. The fourth-order valence-corrected chi connectivity index (χ4v) is 3.27. The van der Waals surface area contributed by atoms with Gasteiger partial charge in [0.05, 0.1) is 12.1 Å². The highest BCUT2D eigenvalue weighted by Crippen LogP contribution is 2.17. The molecule has 1 aliphatic carbocycles. The minimum Gasteiger partial charge on any atom is -0.370 e. The summed E-state index contributed by atoms with van der Waals surface area (Å²) in [7, 11) is 1.79. The molecule has 24 heavy (non-hydrogen) atoms. The van der Waals surface area contributed by atoms with Crippen molar-refractivity contribution in [1.29, 1.82) is 0 Å². The lowest BCUT2D eigenvalue weighted by molar-refractivity contribution is 0.412. The predicted octanol–water partition coefficient (Wildman–Crippen LogP) is 2.89. The second-order valence-corrected chi connectivity index (χ2v) is 6.27. The first-order chi connectivity index (χ1) is 11.1. The van der Waals surface area contributed by atoms with Gasteiger partial charge in [0.15, 0.2) is 5.96 Å². The molecule has 5 nitrogen and oxygen atoms in total. The smallest absolute Gasteiger partial charge is 0.255 e. The maximum absolute atomic E-state index is 12.4. The second kappa shape index (κ2) is 8.50. The van der Waals surface area contributed by atoms with Crippen molar-refractivity contribution in [3.63, 3.8) is 0 Å². The Hall–Kier alpha value is -1.57. The number of aromatic nitrogens is 1. The molecule has 1 fully saturated rings. The van der Waals surface area contributed by atoms with E-state index in [0.717, 1.165) is 23.7 Å². The second-order valence-electron chi connectivity index (χ2n) is 6.27. The van der Waals surface area contributed by atoms with Crippen LogP contribution < -0.4 is 16.6 Å². The first-order valence-corrected chi connectivity index (χ1v) is 8.29. The molecule has 130 valence electrons. The van der Waals surface area contributed by atoms with Crippen LogP contribution in [0.25, 0.3) is 10.9 Å². The van der Waals surface area contributed by atoms with Gasteiger partial charge in [-0.1, -0.05) is 37.5 Å². The number of benzene rings is 1. The third kappa shape index (κ3) is 4.28. The lowest BCUT2D eigenvalue weighted by Crippen LogP contribution is -2.41. The van der Waals surface area contributed by atoms with Gasteiger partial charge < -0.3 is 15.6 Å². The van der Waals surface area contributed by atoms with E-state index in [1.807, 2.05) is 30.3 Å². The van der Waals surface area contributed by atoms with Gasteiger partial charge in [-0.05, 0) is 30.4 Å². The lowest BCUT2D eigenvalue weighted by atomic mass is 9.96. The highest BCUT2D eigenvalue weighted by molar-refractivity contribution is 14.0. The molecule has 1 heterocycles. The highest BCUT2D eigenvalue weighted by Gasteiger charge is 2.13. The first-order valence-electron chi connectivity index (χ1n) is 8.29. The molecule has 1 aliphatic rings. The van der Waals surface area contributed by atoms with Crippen molar-refractivity contribution in [2.45, 2.75) is 44.7 Å². The number of nitrogens with zero attached hydrogens (tertiary/aromatic N) is 2. The van der Waals surface area contributed by atoms with E-state index in [9.17, 15) is 4.79 Å². The fourth-order valence-electron chi connectivity index (χ4n) is 3.27. The summed E-state index contributed by atoms with van der Waals surface area (Å²) >= 11 is 0. The van der Waals surface area contributed by atoms with E-state index < -0.39 is 0 Å². The molecular weight excluding hydrogens is 415 g/mol. The topological polar surface area (TPSA) is 72.4 Å². The van der Waals surface area contributed by atoms with E-state index in [1.165, 1.54) is 19.3 Å². The summed E-state index contributed by atoms with van der Waals surface area (Å²) in [4.78, 5) is 16.8. The molecule has 1 aromatic carbocycles. The molecular formula is C18H25IN4O. The van der Waals surface area contributed by atoms with Crippen LogP contribution in [0, 0.1) is 0 Å². The maximum atomic E-state index is 12.4. The summed E-state index contributed by atoms with van der Waals surface area (Å²) in [5.41, 5.74) is 7.56. The number of nitrogens with one attached hydrogen (secondary N) is 1. The molecule has 3 rings (SSSR count). The molecule has 0 amide bonds. The highest BCUT2D eigenvalue weighted by atomic mass is 127. The van der Waals surface area contributed by atoms with Gasteiger partial charge in [-0.3, -0.25) is 4.79 Å². The molecule has 0 atom stereocenters. The summed E-state index contributed by atoms with van der Waals surface area (Å²) in [6.45, 7) is 0.309. The van der Waals surface area contributed by atoms with E-state index in [-0.39, 0.29) is 29.5 Å². The zero-order valence-corrected chi connectivity index (χ0v) is 16.3. The summed E-state index contributed by atoms with van der Waals surface area (Å²) < 4.78 is 1.67. The summed E-state index contributed by atoms with van der Waals surface area (Å²) in [5, 5.41) is 4.32. The predicted molar refractivity (Wildman–Crippen MR) is 110 cm³/mol. The van der Waals surface area contributed by atoms with Crippen molar-refractivity contribution in [2.75, 3.05) is 0 Å². The largest absolute Gasteiger partial charge is 0.370 e. The number of halogens is 1. The Morgan fingerprint density at radius 3 is 2.75 bits per heavy atom. The summed E-state index contributed by atoms with van der Waals surface area (Å²) in [6, 6.07) is 10.2. The first kappa shape index (κ1) is 18.8.